The number of rotatable bonds is 6. The van der Waals surface area contributed by atoms with Gasteiger partial charge in [-0.3, -0.25) is 4.79 Å². The number of phenols is 1. The molecular formula is C23H29N3O3. The van der Waals surface area contributed by atoms with E-state index in [1.165, 1.54) is 5.56 Å². The van der Waals surface area contributed by atoms with Crippen LogP contribution in [0.1, 0.15) is 40.8 Å². The predicted molar refractivity (Wildman–Crippen MR) is 111 cm³/mol. The summed E-state index contributed by atoms with van der Waals surface area (Å²) in [5, 5.41) is 10.5. The van der Waals surface area contributed by atoms with Crippen molar-refractivity contribution in [3.8, 4) is 5.75 Å². The highest BCUT2D eigenvalue weighted by Crippen LogP contribution is 2.48. The molecule has 3 N–H and O–H groups in total. The number of hydrogen-bond donors (Lipinski definition) is 3. The van der Waals surface area contributed by atoms with Crippen LogP contribution in [0.2, 0.25) is 0 Å². The van der Waals surface area contributed by atoms with Gasteiger partial charge in [0.1, 0.15) is 11.8 Å². The molecule has 2 aromatic carbocycles. The van der Waals surface area contributed by atoms with Gasteiger partial charge < -0.3 is 14.7 Å². The van der Waals surface area contributed by atoms with Crippen molar-refractivity contribution in [3.63, 3.8) is 0 Å². The van der Waals surface area contributed by atoms with E-state index in [-0.39, 0.29) is 35.7 Å². The highest BCUT2D eigenvalue weighted by Gasteiger charge is 2.55. The van der Waals surface area contributed by atoms with Crippen molar-refractivity contribution in [2.75, 3.05) is 20.3 Å². The minimum atomic E-state index is -0.325. The van der Waals surface area contributed by atoms with E-state index in [0.717, 1.165) is 23.1 Å². The Morgan fingerprint density at radius 1 is 1.03 bits per heavy atom. The lowest BCUT2D eigenvalue weighted by atomic mass is 9.82. The van der Waals surface area contributed by atoms with Crippen LogP contribution in [0, 0.1) is 19.8 Å². The van der Waals surface area contributed by atoms with E-state index in [2.05, 4.69) is 42.0 Å². The molecule has 2 aliphatic heterocycles. The first-order valence-corrected chi connectivity index (χ1v) is 10.2. The lowest BCUT2D eigenvalue weighted by Gasteiger charge is -2.31. The van der Waals surface area contributed by atoms with Gasteiger partial charge in [-0.25, -0.2) is 10.9 Å². The maximum Gasteiger partial charge on any atom is 0.242 e. The molecule has 6 nitrogen and oxygen atoms in total. The van der Waals surface area contributed by atoms with Crippen LogP contribution in [-0.2, 0) is 9.53 Å². The molecule has 2 aliphatic rings. The molecule has 0 spiro atoms. The number of carbonyl (C=O) groups is 1. The van der Waals surface area contributed by atoms with Crippen LogP contribution in [0.15, 0.2) is 42.5 Å². The topological polar surface area (TPSA) is 73.8 Å². The van der Waals surface area contributed by atoms with Crippen molar-refractivity contribution >= 4 is 5.91 Å². The number of hydrogen-bond acceptors (Lipinski definition) is 5. The molecular weight excluding hydrogens is 366 g/mol. The molecule has 2 heterocycles. The maximum atomic E-state index is 13.3. The number of amides is 1. The van der Waals surface area contributed by atoms with Gasteiger partial charge in [-0.05, 0) is 31.9 Å². The number of phenolic OH excluding ortho intramolecular Hbond substituents is 1. The number of nitrogens with one attached hydrogen (secondary N) is 2. The quantitative estimate of drug-likeness (QED) is 0.656. The zero-order valence-corrected chi connectivity index (χ0v) is 17.2. The zero-order valence-electron chi connectivity index (χ0n) is 17.2. The number of fused-ring (bicyclic) bond motifs is 1. The van der Waals surface area contributed by atoms with E-state index < -0.39 is 0 Å². The van der Waals surface area contributed by atoms with Gasteiger partial charge in [-0.1, -0.05) is 47.5 Å². The number of aryl methyl sites for hydroxylation is 2. The normalized spacial score (nSPS) is 26.2. The first kappa shape index (κ1) is 19.9. The number of aromatic hydroxyl groups is 1. The summed E-state index contributed by atoms with van der Waals surface area (Å²) in [5.74, 6) is 0.322. The minimum Gasteiger partial charge on any atom is -0.508 e. The van der Waals surface area contributed by atoms with Crippen LogP contribution in [0.4, 0.5) is 0 Å². The molecule has 4 atom stereocenters. The Morgan fingerprint density at radius 3 is 2.45 bits per heavy atom. The monoisotopic (exact) mass is 395 g/mol. The number of carbonyl (C=O) groups excluding carboxylic acids is 1. The Balaban J connectivity index is 1.74. The lowest BCUT2D eigenvalue weighted by Crippen LogP contribution is -2.41. The van der Waals surface area contributed by atoms with Crippen LogP contribution < -0.4 is 10.9 Å². The van der Waals surface area contributed by atoms with Crippen molar-refractivity contribution in [1.29, 1.82) is 0 Å². The Hall–Kier alpha value is -2.41. The third-order valence-electron chi connectivity index (χ3n) is 6.10. The van der Waals surface area contributed by atoms with Gasteiger partial charge >= 0.3 is 0 Å². The largest absolute Gasteiger partial charge is 0.508 e. The van der Waals surface area contributed by atoms with Gasteiger partial charge in [0, 0.05) is 31.7 Å². The van der Waals surface area contributed by atoms with Gasteiger partial charge in [0.25, 0.3) is 0 Å². The summed E-state index contributed by atoms with van der Waals surface area (Å²) in [7, 11) is 1.68. The van der Waals surface area contributed by atoms with Crippen molar-refractivity contribution < 1.29 is 14.6 Å². The molecule has 0 bridgehead atoms. The van der Waals surface area contributed by atoms with Crippen molar-refractivity contribution in [3.05, 3.63) is 64.7 Å². The molecule has 6 heteroatoms. The molecule has 0 saturated carbocycles. The Kier molecular flexibility index (Phi) is 5.58. The SMILES string of the molecule is COCCCN1C(=O)C2NNC(c3cc(C)ccc3O)C2C1c1ccc(C)cc1. The fourth-order valence-electron chi connectivity index (χ4n) is 4.68. The standard InChI is InChI=1S/C23H29N3O3/c1-14-5-8-16(9-6-14)22-19-20(17-13-15(2)7-10-18(17)27)24-25-21(19)23(28)26(22)11-4-12-29-3/h5-10,13,19-22,24-25,27H,4,11-12H2,1-3H3. The number of ether oxygens (including phenoxy) is 1. The molecule has 0 radical (unpaired) electrons. The zero-order chi connectivity index (χ0) is 20.5. The van der Waals surface area contributed by atoms with Gasteiger partial charge in [-0.2, -0.15) is 0 Å². The molecule has 4 rings (SSSR count). The fraction of sp³-hybridized carbons (Fsp3) is 0.435. The number of nitrogens with zero attached hydrogens (tertiary/aromatic N) is 1. The van der Waals surface area contributed by atoms with E-state index in [1.807, 2.05) is 24.0 Å². The Labute approximate surface area is 171 Å². The molecule has 2 aromatic rings. The molecule has 2 fully saturated rings. The third-order valence-corrected chi connectivity index (χ3v) is 6.10. The second-order valence-corrected chi connectivity index (χ2v) is 8.12. The molecule has 29 heavy (non-hydrogen) atoms. The van der Waals surface area contributed by atoms with E-state index in [1.54, 1.807) is 13.2 Å². The van der Waals surface area contributed by atoms with Gasteiger partial charge in [0.2, 0.25) is 5.91 Å². The summed E-state index contributed by atoms with van der Waals surface area (Å²) in [6, 6.07) is 13.5. The van der Waals surface area contributed by atoms with Crippen LogP contribution >= 0.6 is 0 Å². The van der Waals surface area contributed by atoms with Crippen LogP contribution in [0.5, 0.6) is 5.75 Å². The number of likely N-dealkylation sites (tertiary alicyclic amines) is 1. The molecule has 1 amide bonds. The van der Waals surface area contributed by atoms with Crippen LogP contribution in [0.25, 0.3) is 0 Å². The molecule has 4 unspecified atom stereocenters. The second kappa shape index (κ2) is 8.14. The minimum absolute atomic E-state index is 0.0274. The fourth-order valence-corrected chi connectivity index (χ4v) is 4.68. The summed E-state index contributed by atoms with van der Waals surface area (Å²) in [4.78, 5) is 15.3. The highest BCUT2D eigenvalue weighted by molar-refractivity contribution is 5.86. The summed E-state index contributed by atoms with van der Waals surface area (Å²) >= 11 is 0. The summed E-state index contributed by atoms with van der Waals surface area (Å²) < 4.78 is 5.21. The number of methoxy groups -OCH3 is 1. The highest BCUT2D eigenvalue weighted by atomic mass is 16.5. The van der Waals surface area contributed by atoms with Crippen molar-refractivity contribution in [2.45, 2.75) is 38.4 Å². The van der Waals surface area contributed by atoms with Crippen LogP contribution in [0.3, 0.4) is 0 Å². The van der Waals surface area contributed by atoms with Crippen molar-refractivity contribution in [1.82, 2.24) is 15.8 Å². The Morgan fingerprint density at radius 2 is 1.72 bits per heavy atom. The van der Waals surface area contributed by atoms with Crippen LogP contribution in [-0.4, -0.2) is 42.2 Å². The van der Waals surface area contributed by atoms with Gasteiger partial charge in [-0.15, -0.1) is 0 Å². The smallest absolute Gasteiger partial charge is 0.242 e. The van der Waals surface area contributed by atoms with E-state index in [9.17, 15) is 9.90 Å². The maximum absolute atomic E-state index is 13.3. The Bertz CT molecular complexity index is 883. The average molecular weight is 396 g/mol. The van der Waals surface area contributed by atoms with Gasteiger partial charge in [0.15, 0.2) is 0 Å². The van der Waals surface area contributed by atoms with Crippen molar-refractivity contribution in [2.24, 2.45) is 5.92 Å². The molecule has 2 saturated heterocycles. The summed E-state index contributed by atoms with van der Waals surface area (Å²) in [6.07, 6.45) is 0.790. The number of benzene rings is 2. The first-order chi connectivity index (χ1) is 14.0. The molecule has 0 aliphatic carbocycles. The lowest BCUT2D eigenvalue weighted by molar-refractivity contribution is -0.131. The van der Waals surface area contributed by atoms with Gasteiger partial charge in [0.05, 0.1) is 12.1 Å². The summed E-state index contributed by atoms with van der Waals surface area (Å²) in [5.41, 5.74) is 10.7. The van der Waals surface area contributed by atoms with E-state index >= 15 is 0 Å². The predicted octanol–water partition coefficient (Wildman–Crippen LogP) is 2.76. The van der Waals surface area contributed by atoms with E-state index in [0.29, 0.717) is 13.2 Å². The molecule has 0 aromatic heterocycles. The van der Waals surface area contributed by atoms with E-state index in [4.69, 9.17) is 4.74 Å². The third kappa shape index (κ3) is 3.64. The first-order valence-electron chi connectivity index (χ1n) is 10.2. The second-order valence-electron chi connectivity index (χ2n) is 8.12. The summed E-state index contributed by atoms with van der Waals surface area (Å²) in [6.45, 7) is 5.34. The average Bonchev–Trinajstić information content (AvgIpc) is 3.24. The number of hydrazine groups is 1. The molecule has 154 valence electrons.